The molecular formula is C15H24N4. The topological polar surface area (TPSA) is 53.6 Å². The van der Waals surface area contributed by atoms with Crippen LogP contribution in [0.25, 0.3) is 0 Å². The molecule has 4 heteroatoms. The van der Waals surface area contributed by atoms with Gasteiger partial charge in [0.2, 0.25) is 0 Å². The molecule has 1 aliphatic rings. The summed E-state index contributed by atoms with van der Waals surface area (Å²) < 4.78 is 0. The largest absolute Gasteiger partial charge is 0.370 e. The molecule has 104 valence electrons. The van der Waals surface area contributed by atoms with Crippen molar-refractivity contribution in [1.29, 1.82) is 0 Å². The number of hydrogen-bond acceptors (Lipinski definition) is 2. The Morgan fingerprint density at radius 3 is 2.47 bits per heavy atom. The Balaban J connectivity index is 1.72. The monoisotopic (exact) mass is 260 g/mol. The second kappa shape index (κ2) is 7.79. The molecule has 0 radical (unpaired) electrons. The number of rotatable bonds is 4. The van der Waals surface area contributed by atoms with Crippen LogP contribution in [0.1, 0.15) is 25.7 Å². The Labute approximate surface area is 115 Å². The fraction of sp³-hybridized carbons (Fsp3) is 0.533. The van der Waals surface area contributed by atoms with Crippen molar-refractivity contribution in [3.8, 4) is 0 Å². The molecule has 1 fully saturated rings. The first-order valence-electron chi connectivity index (χ1n) is 7.19. The zero-order valence-electron chi connectivity index (χ0n) is 11.5. The summed E-state index contributed by atoms with van der Waals surface area (Å²) >= 11 is 0. The van der Waals surface area contributed by atoms with E-state index in [1.807, 2.05) is 30.3 Å². The van der Waals surface area contributed by atoms with Crippen molar-refractivity contribution in [2.24, 2.45) is 10.7 Å². The molecule has 2 rings (SSSR count). The fourth-order valence-electron chi connectivity index (χ4n) is 2.38. The minimum absolute atomic E-state index is 0.501. The maximum atomic E-state index is 5.87. The van der Waals surface area contributed by atoms with Crippen LogP contribution in [0.4, 0.5) is 5.69 Å². The van der Waals surface area contributed by atoms with Crippen molar-refractivity contribution in [3.63, 3.8) is 0 Å². The van der Waals surface area contributed by atoms with E-state index in [0.717, 1.165) is 18.8 Å². The lowest BCUT2D eigenvalue weighted by atomic mass is 10.2. The Morgan fingerprint density at radius 2 is 1.79 bits per heavy atom. The van der Waals surface area contributed by atoms with Crippen molar-refractivity contribution in [2.75, 3.05) is 31.5 Å². The molecule has 1 aliphatic heterocycles. The summed E-state index contributed by atoms with van der Waals surface area (Å²) in [5.41, 5.74) is 6.86. The van der Waals surface area contributed by atoms with Gasteiger partial charge >= 0.3 is 0 Å². The number of anilines is 1. The number of benzene rings is 1. The Kier molecular flexibility index (Phi) is 5.69. The molecule has 0 spiro atoms. The predicted octanol–water partition coefficient (Wildman–Crippen LogP) is 2.29. The Morgan fingerprint density at radius 1 is 1.11 bits per heavy atom. The van der Waals surface area contributed by atoms with Gasteiger partial charge in [-0.2, -0.15) is 0 Å². The van der Waals surface area contributed by atoms with Gasteiger partial charge in [0.05, 0.1) is 6.54 Å². The van der Waals surface area contributed by atoms with Crippen molar-refractivity contribution in [3.05, 3.63) is 30.3 Å². The molecule has 1 aromatic carbocycles. The van der Waals surface area contributed by atoms with Gasteiger partial charge in [0, 0.05) is 12.2 Å². The first-order chi connectivity index (χ1) is 9.34. The van der Waals surface area contributed by atoms with Gasteiger partial charge in [-0.3, -0.25) is 4.99 Å². The van der Waals surface area contributed by atoms with Gasteiger partial charge in [0.25, 0.3) is 0 Å². The van der Waals surface area contributed by atoms with E-state index in [1.165, 1.54) is 38.8 Å². The van der Waals surface area contributed by atoms with Gasteiger partial charge in [-0.25, -0.2) is 0 Å². The summed E-state index contributed by atoms with van der Waals surface area (Å²) in [6, 6.07) is 9.91. The van der Waals surface area contributed by atoms with Crippen LogP contribution in [-0.2, 0) is 0 Å². The highest BCUT2D eigenvalue weighted by molar-refractivity contribution is 5.92. The van der Waals surface area contributed by atoms with E-state index >= 15 is 0 Å². The minimum Gasteiger partial charge on any atom is -0.370 e. The first kappa shape index (κ1) is 13.9. The van der Waals surface area contributed by atoms with Crippen LogP contribution in [0.5, 0.6) is 0 Å². The third-order valence-corrected chi connectivity index (χ3v) is 3.44. The highest BCUT2D eigenvalue weighted by Crippen LogP contribution is 2.09. The summed E-state index contributed by atoms with van der Waals surface area (Å²) in [5.74, 6) is 0.501. The molecule has 0 aliphatic carbocycles. The van der Waals surface area contributed by atoms with Crippen molar-refractivity contribution < 1.29 is 0 Å². The average molecular weight is 260 g/mol. The summed E-state index contributed by atoms with van der Waals surface area (Å²) in [5, 5.41) is 3.10. The molecule has 0 unspecified atom stereocenters. The normalized spacial score (nSPS) is 18.0. The molecule has 19 heavy (non-hydrogen) atoms. The molecule has 1 aromatic rings. The van der Waals surface area contributed by atoms with Gasteiger partial charge in [-0.05, 0) is 38.1 Å². The van der Waals surface area contributed by atoms with Crippen molar-refractivity contribution >= 4 is 11.6 Å². The van der Waals surface area contributed by atoms with Gasteiger partial charge in [-0.15, -0.1) is 0 Å². The minimum atomic E-state index is 0.501. The second-order valence-corrected chi connectivity index (χ2v) is 5.01. The summed E-state index contributed by atoms with van der Waals surface area (Å²) in [6.45, 7) is 4.20. The third kappa shape index (κ3) is 5.30. The lowest BCUT2D eigenvalue weighted by molar-refractivity contribution is 0.293. The van der Waals surface area contributed by atoms with E-state index in [0.29, 0.717) is 5.96 Å². The molecular weight excluding hydrogens is 236 g/mol. The van der Waals surface area contributed by atoms with Crippen LogP contribution < -0.4 is 11.1 Å². The van der Waals surface area contributed by atoms with E-state index in [-0.39, 0.29) is 0 Å². The van der Waals surface area contributed by atoms with E-state index in [1.54, 1.807) is 0 Å². The SMILES string of the molecule is NC(=NCCN1CCCCCC1)Nc1ccccc1. The fourth-order valence-corrected chi connectivity index (χ4v) is 2.38. The molecule has 4 nitrogen and oxygen atoms in total. The quantitative estimate of drug-likeness (QED) is 0.645. The summed E-state index contributed by atoms with van der Waals surface area (Å²) in [6.07, 6.45) is 5.39. The van der Waals surface area contributed by atoms with Crippen LogP contribution in [0.15, 0.2) is 35.3 Å². The molecule has 1 saturated heterocycles. The van der Waals surface area contributed by atoms with E-state index in [9.17, 15) is 0 Å². The number of aliphatic imine (C=N–C) groups is 1. The van der Waals surface area contributed by atoms with E-state index < -0.39 is 0 Å². The Hall–Kier alpha value is -1.55. The van der Waals surface area contributed by atoms with Gasteiger partial charge in [0.1, 0.15) is 0 Å². The second-order valence-electron chi connectivity index (χ2n) is 5.01. The average Bonchev–Trinajstić information content (AvgIpc) is 2.68. The van der Waals surface area contributed by atoms with E-state index in [4.69, 9.17) is 5.73 Å². The molecule has 0 saturated carbocycles. The first-order valence-corrected chi connectivity index (χ1v) is 7.19. The molecule has 0 aromatic heterocycles. The standard InChI is InChI=1S/C15H24N4/c16-15(18-14-8-4-3-5-9-14)17-10-13-19-11-6-1-2-7-12-19/h3-5,8-9H,1-2,6-7,10-13H2,(H3,16,17,18). The zero-order valence-corrected chi connectivity index (χ0v) is 11.5. The highest BCUT2D eigenvalue weighted by Gasteiger charge is 2.07. The van der Waals surface area contributed by atoms with Crippen LogP contribution in [-0.4, -0.2) is 37.0 Å². The molecule has 3 N–H and O–H groups in total. The maximum absolute atomic E-state index is 5.87. The maximum Gasteiger partial charge on any atom is 0.193 e. The molecule has 1 heterocycles. The predicted molar refractivity (Wildman–Crippen MR) is 81.5 cm³/mol. The Bertz CT molecular complexity index is 380. The van der Waals surface area contributed by atoms with Crippen LogP contribution in [0, 0.1) is 0 Å². The highest BCUT2D eigenvalue weighted by atomic mass is 15.1. The summed E-state index contributed by atoms with van der Waals surface area (Å²) in [7, 11) is 0. The molecule has 0 atom stereocenters. The van der Waals surface area contributed by atoms with Crippen LogP contribution >= 0.6 is 0 Å². The van der Waals surface area contributed by atoms with Crippen LogP contribution in [0.2, 0.25) is 0 Å². The lowest BCUT2D eigenvalue weighted by Gasteiger charge is -2.18. The molecule has 0 amide bonds. The number of hydrogen-bond donors (Lipinski definition) is 2. The van der Waals surface area contributed by atoms with Crippen molar-refractivity contribution in [1.82, 2.24) is 4.90 Å². The third-order valence-electron chi connectivity index (χ3n) is 3.44. The zero-order chi connectivity index (χ0) is 13.3. The smallest absolute Gasteiger partial charge is 0.193 e. The number of para-hydroxylation sites is 1. The van der Waals surface area contributed by atoms with Gasteiger partial charge < -0.3 is 16.0 Å². The van der Waals surface area contributed by atoms with Crippen molar-refractivity contribution in [2.45, 2.75) is 25.7 Å². The molecule has 0 bridgehead atoms. The number of likely N-dealkylation sites (tertiary alicyclic amines) is 1. The number of nitrogens with two attached hydrogens (primary N) is 1. The van der Waals surface area contributed by atoms with E-state index in [2.05, 4.69) is 15.2 Å². The lowest BCUT2D eigenvalue weighted by Crippen LogP contribution is -2.29. The van der Waals surface area contributed by atoms with Gasteiger partial charge in [-0.1, -0.05) is 31.0 Å². The number of nitrogens with one attached hydrogen (secondary N) is 1. The van der Waals surface area contributed by atoms with Crippen LogP contribution in [0.3, 0.4) is 0 Å². The van der Waals surface area contributed by atoms with Gasteiger partial charge in [0.15, 0.2) is 5.96 Å². The number of guanidine groups is 1. The summed E-state index contributed by atoms with van der Waals surface area (Å²) in [4.78, 5) is 6.88. The number of nitrogens with zero attached hydrogens (tertiary/aromatic N) is 2.